The number of halogens is 6. The van der Waals surface area contributed by atoms with E-state index in [1.807, 2.05) is 30.3 Å². The van der Waals surface area contributed by atoms with Crippen molar-refractivity contribution in [2.24, 2.45) is 11.8 Å². The van der Waals surface area contributed by atoms with Crippen LogP contribution in [0.1, 0.15) is 62.1 Å². The molecule has 0 heterocycles. The minimum Gasteiger partial charge on any atom is -0.299 e. The Bertz CT molecular complexity index is 925. The van der Waals surface area contributed by atoms with Crippen LogP contribution in [0.3, 0.4) is 0 Å². The summed E-state index contributed by atoms with van der Waals surface area (Å²) >= 11 is 0. The molecular weight excluding hydrogens is 478 g/mol. The number of hydrogen-bond donors (Lipinski definition) is 0. The van der Waals surface area contributed by atoms with Crippen LogP contribution in [0.2, 0.25) is 0 Å². The summed E-state index contributed by atoms with van der Waals surface area (Å²) in [6.45, 7) is 4.42. The first kappa shape index (κ1) is 29.7. The number of benzene rings is 2. The third-order valence-corrected chi connectivity index (χ3v) is 6.99. The molecule has 3 rings (SSSR count). The van der Waals surface area contributed by atoms with Gasteiger partial charge in [-0.2, -0.15) is 31.6 Å². The van der Waals surface area contributed by atoms with Crippen molar-refractivity contribution in [3.63, 3.8) is 0 Å². The maximum Gasteiger partial charge on any atom is 0.392 e. The van der Waals surface area contributed by atoms with Crippen LogP contribution in [0, 0.1) is 23.2 Å². The topological polar surface area (TPSA) is 27.0 Å². The maximum atomic E-state index is 13.2. The SMILES string of the molecule is CC#N.CCC(CCc1ccc(C2CC(C(F)(F)F)C(C(F)(F)F)C2)cc1)N(C)Cc1ccccc1. The third-order valence-electron chi connectivity index (χ3n) is 6.99. The lowest BCUT2D eigenvalue weighted by atomic mass is 9.94. The number of hydrogen-bond acceptors (Lipinski definition) is 2. The first-order valence-electron chi connectivity index (χ1n) is 12.2. The summed E-state index contributed by atoms with van der Waals surface area (Å²) in [6.07, 6.45) is -7.97. The molecule has 8 heteroatoms. The Labute approximate surface area is 209 Å². The van der Waals surface area contributed by atoms with E-state index in [0.29, 0.717) is 11.6 Å². The molecular formula is C28H34F6N2. The summed E-state index contributed by atoms with van der Waals surface area (Å²) in [5.41, 5.74) is 2.85. The lowest BCUT2D eigenvalue weighted by Crippen LogP contribution is -2.35. The van der Waals surface area contributed by atoms with Gasteiger partial charge < -0.3 is 0 Å². The van der Waals surface area contributed by atoms with E-state index < -0.39 is 42.9 Å². The Morgan fingerprint density at radius 2 is 1.39 bits per heavy atom. The number of alkyl halides is 6. The molecule has 0 amide bonds. The van der Waals surface area contributed by atoms with E-state index in [0.717, 1.165) is 31.4 Å². The molecule has 1 fully saturated rings. The van der Waals surface area contributed by atoms with Gasteiger partial charge in [0.25, 0.3) is 0 Å². The Morgan fingerprint density at radius 1 is 0.889 bits per heavy atom. The van der Waals surface area contributed by atoms with E-state index in [1.165, 1.54) is 12.5 Å². The van der Waals surface area contributed by atoms with Crippen LogP contribution >= 0.6 is 0 Å². The Morgan fingerprint density at radius 3 is 1.83 bits per heavy atom. The average molecular weight is 513 g/mol. The zero-order valence-electron chi connectivity index (χ0n) is 20.9. The van der Waals surface area contributed by atoms with Gasteiger partial charge in [-0.25, -0.2) is 0 Å². The van der Waals surface area contributed by atoms with E-state index in [9.17, 15) is 26.3 Å². The summed E-state index contributed by atoms with van der Waals surface area (Å²) in [7, 11) is 2.10. The molecule has 2 aromatic rings. The molecule has 0 aliphatic heterocycles. The van der Waals surface area contributed by atoms with Crippen LogP contribution in [-0.4, -0.2) is 30.3 Å². The molecule has 3 unspecified atom stereocenters. The highest BCUT2D eigenvalue weighted by molar-refractivity contribution is 5.27. The zero-order valence-corrected chi connectivity index (χ0v) is 20.9. The average Bonchev–Trinajstić information content (AvgIpc) is 3.28. The smallest absolute Gasteiger partial charge is 0.299 e. The van der Waals surface area contributed by atoms with Crippen molar-refractivity contribution in [3.05, 3.63) is 71.3 Å². The van der Waals surface area contributed by atoms with E-state index in [1.54, 1.807) is 18.2 Å². The van der Waals surface area contributed by atoms with Crippen molar-refractivity contribution >= 4 is 0 Å². The minimum absolute atomic E-state index is 0.375. The van der Waals surface area contributed by atoms with Gasteiger partial charge in [0.1, 0.15) is 0 Å². The minimum atomic E-state index is -4.84. The largest absolute Gasteiger partial charge is 0.392 e. The van der Waals surface area contributed by atoms with Gasteiger partial charge in [-0.1, -0.05) is 61.5 Å². The van der Waals surface area contributed by atoms with E-state index in [-0.39, 0.29) is 0 Å². The molecule has 198 valence electrons. The summed E-state index contributed by atoms with van der Waals surface area (Å²) in [4.78, 5) is 2.32. The molecule has 2 aromatic carbocycles. The second-order valence-corrected chi connectivity index (χ2v) is 9.43. The molecule has 0 radical (unpaired) electrons. The molecule has 1 aliphatic rings. The van der Waals surface area contributed by atoms with Gasteiger partial charge >= 0.3 is 12.4 Å². The predicted molar refractivity (Wildman–Crippen MR) is 129 cm³/mol. The van der Waals surface area contributed by atoms with Crippen LogP contribution in [0.25, 0.3) is 0 Å². The molecule has 2 nitrogen and oxygen atoms in total. The summed E-state index contributed by atoms with van der Waals surface area (Å²) < 4.78 is 79.2. The number of aryl methyl sites for hydroxylation is 1. The third kappa shape index (κ3) is 8.55. The fourth-order valence-corrected chi connectivity index (χ4v) is 5.06. The Kier molecular flexibility index (Phi) is 10.8. The lowest BCUT2D eigenvalue weighted by molar-refractivity contribution is -0.245. The first-order chi connectivity index (χ1) is 16.9. The van der Waals surface area contributed by atoms with Gasteiger partial charge in [0.05, 0.1) is 17.9 Å². The quantitative estimate of drug-likeness (QED) is 0.333. The van der Waals surface area contributed by atoms with Gasteiger partial charge in [-0.05, 0) is 61.8 Å². The maximum absolute atomic E-state index is 13.2. The number of nitriles is 1. The Hall–Kier alpha value is -2.53. The van der Waals surface area contributed by atoms with Crippen LogP contribution in [0.15, 0.2) is 54.6 Å². The molecule has 0 spiro atoms. The van der Waals surface area contributed by atoms with Crippen molar-refractivity contribution < 1.29 is 26.3 Å². The van der Waals surface area contributed by atoms with Crippen LogP contribution < -0.4 is 0 Å². The second-order valence-electron chi connectivity index (χ2n) is 9.43. The fourth-order valence-electron chi connectivity index (χ4n) is 5.06. The molecule has 0 saturated heterocycles. The van der Waals surface area contributed by atoms with E-state index in [4.69, 9.17) is 5.26 Å². The molecule has 0 bridgehead atoms. The normalized spacial score (nSPS) is 21.0. The zero-order chi connectivity index (χ0) is 26.9. The van der Waals surface area contributed by atoms with Gasteiger partial charge in [-0.15, -0.1) is 0 Å². The molecule has 0 N–H and O–H groups in total. The summed E-state index contributed by atoms with van der Waals surface area (Å²) in [6, 6.07) is 19.5. The highest BCUT2D eigenvalue weighted by Gasteiger charge is 2.59. The van der Waals surface area contributed by atoms with Crippen molar-refractivity contribution in [1.29, 1.82) is 5.26 Å². The van der Waals surface area contributed by atoms with Gasteiger partial charge in [0.2, 0.25) is 0 Å². The summed E-state index contributed by atoms with van der Waals surface area (Å²) in [5.74, 6) is -5.38. The number of rotatable bonds is 8. The molecule has 1 aliphatic carbocycles. The number of nitrogens with zero attached hydrogens (tertiary/aromatic N) is 2. The molecule has 0 aromatic heterocycles. The van der Waals surface area contributed by atoms with Gasteiger partial charge in [0.15, 0.2) is 0 Å². The van der Waals surface area contributed by atoms with Crippen LogP contribution in [-0.2, 0) is 13.0 Å². The first-order valence-corrected chi connectivity index (χ1v) is 12.2. The van der Waals surface area contributed by atoms with E-state index >= 15 is 0 Å². The van der Waals surface area contributed by atoms with Crippen molar-refractivity contribution in [2.45, 2.75) is 76.8 Å². The van der Waals surface area contributed by atoms with Crippen LogP contribution in [0.4, 0.5) is 26.3 Å². The standard InChI is InChI=1S/C26H31F6N.C2H3N/c1-3-22(33(2)17-19-7-5-4-6-8-19)14-11-18-9-12-20(13-10-18)21-15-23(25(27,28)29)24(16-21)26(30,31)32;1-2-3/h4-10,12-13,21-24H,3,11,14-17H2,1-2H3;1H3. The highest BCUT2D eigenvalue weighted by atomic mass is 19.4. The van der Waals surface area contributed by atoms with Crippen molar-refractivity contribution in [3.8, 4) is 6.07 Å². The molecule has 36 heavy (non-hydrogen) atoms. The second kappa shape index (κ2) is 13.1. The Balaban J connectivity index is 0.00000145. The van der Waals surface area contributed by atoms with Crippen LogP contribution in [0.5, 0.6) is 0 Å². The fraction of sp³-hybridized carbons (Fsp3) is 0.536. The molecule has 3 atom stereocenters. The van der Waals surface area contributed by atoms with Gasteiger partial charge in [-0.3, -0.25) is 4.90 Å². The van der Waals surface area contributed by atoms with Crippen molar-refractivity contribution in [1.82, 2.24) is 4.90 Å². The monoisotopic (exact) mass is 512 g/mol. The van der Waals surface area contributed by atoms with E-state index in [2.05, 4.69) is 31.0 Å². The lowest BCUT2D eigenvalue weighted by Gasteiger charge is -2.27. The predicted octanol–water partition coefficient (Wildman–Crippen LogP) is 8.29. The van der Waals surface area contributed by atoms with Crippen molar-refractivity contribution in [2.75, 3.05) is 7.05 Å². The summed E-state index contributed by atoms with van der Waals surface area (Å²) in [5, 5.41) is 7.32. The van der Waals surface area contributed by atoms with Gasteiger partial charge in [0, 0.05) is 19.5 Å². The highest BCUT2D eigenvalue weighted by Crippen LogP contribution is 2.54. The molecule has 1 saturated carbocycles.